The average molecular weight is 377 g/mol. The van der Waals surface area contributed by atoms with E-state index in [0.717, 1.165) is 5.56 Å². The van der Waals surface area contributed by atoms with Crippen LogP contribution in [0.4, 0.5) is 10.1 Å². The number of hydrogen-bond acceptors (Lipinski definition) is 3. The SMILES string of the molecule is Cc1cccc(NC(=O)[C@@H](C)Oc2ccc(C(=O)c3ccc(F)cc3)cc2)c1. The second-order valence-corrected chi connectivity index (χ2v) is 6.48. The molecule has 5 heteroatoms. The van der Waals surface area contributed by atoms with Crippen LogP contribution in [0, 0.1) is 12.7 Å². The van der Waals surface area contributed by atoms with Gasteiger partial charge in [-0.05, 0) is 80.1 Å². The molecule has 0 heterocycles. The van der Waals surface area contributed by atoms with Gasteiger partial charge in [0.15, 0.2) is 11.9 Å². The second kappa shape index (κ2) is 8.48. The van der Waals surface area contributed by atoms with Crippen molar-refractivity contribution >= 4 is 17.4 Å². The molecule has 0 aliphatic heterocycles. The molecule has 0 unspecified atom stereocenters. The fourth-order valence-electron chi connectivity index (χ4n) is 2.68. The van der Waals surface area contributed by atoms with Gasteiger partial charge in [0.2, 0.25) is 0 Å². The molecular weight excluding hydrogens is 357 g/mol. The summed E-state index contributed by atoms with van der Waals surface area (Å²) in [5.74, 6) is -0.394. The first-order chi connectivity index (χ1) is 13.4. The van der Waals surface area contributed by atoms with E-state index in [-0.39, 0.29) is 11.7 Å². The minimum Gasteiger partial charge on any atom is -0.481 e. The maximum Gasteiger partial charge on any atom is 0.265 e. The predicted molar refractivity (Wildman–Crippen MR) is 106 cm³/mol. The number of nitrogens with one attached hydrogen (secondary N) is 1. The number of ether oxygens (including phenoxy) is 1. The van der Waals surface area contributed by atoms with Gasteiger partial charge in [0, 0.05) is 16.8 Å². The van der Waals surface area contributed by atoms with E-state index in [1.54, 1.807) is 31.2 Å². The second-order valence-electron chi connectivity index (χ2n) is 6.48. The molecular formula is C23H20FNO3. The molecule has 0 spiro atoms. The molecule has 0 aliphatic rings. The smallest absolute Gasteiger partial charge is 0.265 e. The van der Waals surface area contributed by atoms with Gasteiger partial charge in [-0.2, -0.15) is 0 Å². The lowest BCUT2D eigenvalue weighted by Gasteiger charge is -2.15. The normalized spacial score (nSPS) is 11.5. The number of aryl methyl sites for hydroxylation is 1. The Morgan fingerprint density at radius 3 is 2.14 bits per heavy atom. The van der Waals surface area contributed by atoms with Gasteiger partial charge in [0.1, 0.15) is 11.6 Å². The van der Waals surface area contributed by atoms with Crippen molar-refractivity contribution in [2.45, 2.75) is 20.0 Å². The van der Waals surface area contributed by atoms with Crippen LogP contribution in [-0.4, -0.2) is 17.8 Å². The van der Waals surface area contributed by atoms with E-state index >= 15 is 0 Å². The van der Waals surface area contributed by atoms with E-state index in [0.29, 0.717) is 22.6 Å². The Morgan fingerprint density at radius 1 is 0.929 bits per heavy atom. The van der Waals surface area contributed by atoms with Crippen LogP contribution in [0.1, 0.15) is 28.4 Å². The average Bonchev–Trinajstić information content (AvgIpc) is 2.68. The summed E-state index contributed by atoms with van der Waals surface area (Å²) < 4.78 is 18.7. The molecule has 28 heavy (non-hydrogen) atoms. The van der Waals surface area contributed by atoms with Crippen molar-refractivity contribution in [2.75, 3.05) is 5.32 Å². The van der Waals surface area contributed by atoms with E-state index in [4.69, 9.17) is 4.74 Å². The first-order valence-electron chi connectivity index (χ1n) is 8.87. The number of anilines is 1. The molecule has 0 radical (unpaired) electrons. The third kappa shape index (κ3) is 4.82. The number of carbonyl (C=O) groups excluding carboxylic acids is 2. The lowest BCUT2D eigenvalue weighted by molar-refractivity contribution is -0.122. The third-order valence-corrected chi connectivity index (χ3v) is 4.19. The number of hydrogen-bond donors (Lipinski definition) is 1. The van der Waals surface area contributed by atoms with Crippen molar-refractivity contribution < 1.29 is 18.7 Å². The van der Waals surface area contributed by atoms with Gasteiger partial charge in [0.25, 0.3) is 5.91 Å². The zero-order valence-corrected chi connectivity index (χ0v) is 15.6. The predicted octanol–water partition coefficient (Wildman–Crippen LogP) is 4.77. The standard InChI is InChI=1S/C23H20FNO3/c1-15-4-3-5-20(14-15)25-23(27)16(2)28-21-12-8-18(9-13-21)22(26)17-6-10-19(24)11-7-17/h3-14,16H,1-2H3,(H,25,27)/t16-/m1/s1. The summed E-state index contributed by atoms with van der Waals surface area (Å²) in [7, 11) is 0. The highest BCUT2D eigenvalue weighted by molar-refractivity contribution is 6.09. The van der Waals surface area contributed by atoms with Crippen molar-refractivity contribution in [2.24, 2.45) is 0 Å². The topological polar surface area (TPSA) is 55.4 Å². The van der Waals surface area contributed by atoms with Crippen LogP contribution in [0.15, 0.2) is 72.8 Å². The fraction of sp³-hybridized carbons (Fsp3) is 0.130. The molecule has 0 saturated heterocycles. The van der Waals surface area contributed by atoms with E-state index in [9.17, 15) is 14.0 Å². The molecule has 4 nitrogen and oxygen atoms in total. The molecule has 0 aliphatic carbocycles. The number of rotatable bonds is 6. The largest absolute Gasteiger partial charge is 0.481 e. The molecule has 142 valence electrons. The summed E-state index contributed by atoms with van der Waals surface area (Å²) in [6, 6.07) is 19.4. The molecule has 3 aromatic carbocycles. The van der Waals surface area contributed by atoms with Gasteiger partial charge in [-0.3, -0.25) is 9.59 Å². The maximum atomic E-state index is 13.0. The zero-order chi connectivity index (χ0) is 20.1. The van der Waals surface area contributed by atoms with Gasteiger partial charge in [0.05, 0.1) is 0 Å². The third-order valence-electron chi connectivity index (χ3n) is 4.19. The summed E-state index contributed by atoms with van der Waals surface area (Å²) in [5, 5.41) is 2.81. The molecule has 1 N–H and O–H groups in total. The van der Waals surface area contributed by atoms with Crippen molar-refractivity contribution in [1.82, 2.24) is 0 Å². The van der Waals surface area contributed by atoms with Crippen LogP contribution < -0.4 is 10.1 Å². The fourth-order valence-corrected chi connectivity index (χ4v) is 2.68. The number of carbonyl (C=O) groups is 2. The minimum atomic E-state index is -0.709. The number of amides is 1. The number of halogens is 1. The van der Waals surface area contributed by atoms with Crippen molar-refractivity contribution in [3.63, 3.8) is 0 Å². The molecule has 1 amide bonds. The van der Waals surface area contributed by atoms with E-state index < -0.39 is 11.9 Å². The molecule has 0 bridgehead atoms. The number of ketones is 1. The lowest BCUT2D eigenvalue weighted by Crippen LogP contribution is -2.30. The summed E-state index contributed by atoms with van der Waals surface area (Å²) >= 11 is 0. The van der Waals surface area contributed by atoms with Crippen molar-refractivity contribution in [3.05, 3.63) is 95.3 Å². The summed E-state index contributed by atoms with van der Waals surface area (Å²) in [6.45, 7) is 3.60. The summed E-state index contributed by atoms with van der Waals surface area (Å²) in [5.41, 5.74) is 2.62. The Morgan fingerprint density at radius 2 is 1.54 bits per heavy atom. The van der Waals surface area contributed by atoms with Gasteiger partial charge in [-0.1, -0.05) is 12.1 Å². The summed E-state index contributed by atoms with van der Waals surface area (Å²) in [4.78, 5) is 24.7. The van der Waals surface area contributed by atoms with Crippen LogP contribution in [0.5, 0.6) is 5.75 Å². The van der Waals surface area contributed by atoms with Crippen LogP contribution >= 0.6 is 0 Å². The minimum absolute atomic E-state index is 0.211. The highest BCUT2D eigenvalue weighted by atomic mass is 19.1. The van der Waals surface area contributed by atoms with Crippen LogP contribution in [0.3, 0.4) is 0 Å². The van der Waals surface area contributed by atoms with Gasteiger partial charge < -0.3 is 10.1 Å². The highest BCUT2D eigenvalue weighted by Gasteiger charge is 2.16. The quantitative estimate of drug-likeness (QED) is 0.630. The Hall–Kier alpha value is -3.47. The highest BCUT2D eigenvalue weighted by Crippen LogP contribution is 2.18. The van der Waals surface area contributed by atoms with Gasteiger partial charge in [-0.15, -0.1) is 0 Å². The lowest BCUT2D eigenvalue weighted by atomic mass is 10.0. The van der Waals surface area contributed by atoms with E-state index in [1.807, 2.05) is 31.2 Å². The zero-order valence-electron chi connectivity index (χ0n) is 15.6. The summed E-state index contributed by atoms with van der Waals surface area (Å²) in [6.07, 6.45) is -0.709. The van der Waals surface area contributed by atoms with Crippen molar-refractivity contribution in [1.29, 1.82) is 0 Å². The van der Waals surface area contributed by atoms with Crippen LogP contribution in [0.2, 0.25) is 0 Å². The number of benzene rings is 3. The van der Waals surface area contributed by atoms with E-state index in [2.05, 4.69) is 5.32 Å². The monoisotopic (exact) mass is 377 g/mol. The molecule has 0 saturated carbocycles. The molecule has 1 atom stereocenters. The van der Waals surface area contributed by atoms with Gasteiger partial charge in [-0.25, -0.2) is 4.39 Å². The Kier molecular flexibility index (Phi) is 5.84. The first-order valence-corrected chi connectivity index (χ1v) is 8.87. The molecule has 0 aromatic heterocycles. The maximum absolute atomic E-state index is 13.0. The first kappa shape index (κ1) is 19.3. The van der Waals surface area contributed by atoms with Crippen molar-refractivity contribution in [3.8, 4) is 5.75 Å². The Labute approximate surface area is 163 Å². The molecule has 0 fully saturated rings. The van der Waals surface area contributed by atoms with E-state index in [1.165, 1.54) is 24.3 Å². The Balaban J connectivity index is 1.62. The van der Waals surface area contributed by atoms with Crippen LogP contribution in [0.25, 0.3) is 0 Å². The molecule has 3 aromatic rings. The Bertz CT molecular complexity index is 981. The van der Waals surface area contributed by atoms with Crippen LogP contribution in [-0.2, 0) is 4.79 Å². The molecule has 3 rings (SSSR count). The van der Waals surface area contributed by atoms with Gasteiger partial charge >= 0.3 is 0 Å².